The molecule has 1 aromatic carbocycles. The van der Waals surface area contributed by atoms with Gasteiger partial charge in [0.05, 0.1) is 0 Å². The normalized spacial score (nSPS) is 12.6. The van der Waals surface area contributed by atoms with Crippen LogP contribution in [0.1, 0.15) is 23.3 Å². The molecule has 0 radical (unpaired) electrons. The van der Waals surface area contributed by atoms with Crippen LogP contribution in [0.2, 0.25) is 0 Å². The Bertz CT molecular complexity index is 511. The van der Waals surface area contributed by atoms with Gasteiger partial charge in [0, 0.05) is 15.8 Å². The van der Waals surface area contributed by atoms with Gasteiger partial charge in [-0.3, -0.25) is 0 Å². The molecule has 0 saturated heterocycles. The van der Waals surface area contributed by atoms with Crippen LogP contribution < -0.4 is 0 Å². The maximum absolute atomic E-state index is 13.5. The van der Waals surface area contributed by atoms with Crippen LogP contribution in [0.15, 0.2) is 35.7 Å². The monoisotopic (exact) mass is 344 g/mol. The van der Waals surface area contributed by atoms with E-state index < -0.39 is 11.6 Å². The Labute approximate surface area is 124 Å². The Morgan fingerprint density at radius 3 is 2.74 bits per heavy atom. The van der Waals surface area contributed by atoms with Crippen molar-refractivity contribution in [1.29, 1.82) is 0 Å². The largest absolute Gasteiger partial charge is 0.207 e. The molecule has 0 nitrogen and oxygen atoms in total. The van der Waals surface area contributed by atoms with E-state index in [2.05, 4.69) is 33.4 Å². The lowest BCUT2D eigenvalue weighted by atomic mass is 10.1. The van der Waals surface area contributed by atoms with E-state index in [1.54, 1.807) is 11.3 Å². The summed E-state index contributed by atoms with van der Waals surface area (Å²) in [6.45, 7) is 0. The Kier molecular flexibility index (Phi) is 5.52. The summed E-state index contributed by atoms with van der Waals surface area (Å²) in [5.74, 6) is -0.979. The van der Waals surface area contributed by atoms with Crippen molar-refractivity contribution in [2.45, 2.75) is 30.5 Å². The third-order valence-corrected chi connectivity index (χ3v) is 4.69. The molecule has 102 valence electrons. The number of rotatable bonds is 6. The summed E-state index contributed by atoms with van der Waals surface area (Å²) in [6.07, 6.45) is 3.70. The van der Waals surface area contributed by atoms with E-state index in [1.165, 1.54) is 17.0 Å². The number of hydrogen-bond donors (Lipinski definition) is 0. The standard InChI is InChI=1S/C15H15BrF2S/c16-12(3-1-4-14-5-2-8-19-14)9-11-6-7-13(17)10-15(11)18/h2,5-8,10,12H,1,3-4,9H2. The molecule has 4 heteroatoms. The molecule has 2 aromatic rings. The van der Waals surface area contributed by atoms with E-state index in [9.17, 15) is 8.78 Å². The first-order valence-corrected chi connectivity index (χ1v) is 8.05. The highest BCUT2D eigenvalue weighted by Crippen LogP contribution is 2.20. The quantitative estimate of drug-likeness (QED) is 0.619. The molecule has 0 aliphatic heterocycles. The molecule has 0 amide bonds. The smallest absolute Gasteiger partial charge is 0.129 e. The number of hydrogen-bond acceptors (Lipinski definition) is 1. The van der Waals surface area contributed by atoms with Crippen molar-refractivity contribution in [3.63, 3.8) is 0 Å². The zero-order chi connectivity index (χ0) is 13.7. The summed E-state index contributed by atoms with van der Waals surface area (Å²) in [7, 11) is 0. The lowest BCUT2D eigenvalue weighted by molar-refractivity contribution is 0.567. The minimum atomic E-state index is -0.523. The Morgan fingerprint density at radius 1 is 1.21 bits per heavy atom. The summed E-state index contributed by atoms with van der Waals surface area (Å²) in [4.78, 5) is 1.61. The van der Waals surface area contributed by atoms with Crippen LogP contribution in [0.5, 0.6) is 0 Å². The SMILES string of the molecule is Fc1ccc(CC(Br)CCCc2cccs2)c(F)c1. The molecule has 0 bridgehead atoms. The number of alkyl halides is 1. The first kappa shape index (κ1) is 14.7. The molecule has 2 rings (SSSR count). The van der Waals surface area contributed by atoms with E-state index in [-0.39, 0.29) is 4.83 Å². The van der Waals surface area contributed by atoms with Crippen LogP contribution in [0.3, 0.4) is 0 Å². The lowest BCUT2D eigenvalue weighted by Gasteiger charge is -2.10. The van der Waals surface area contributed by atoms with Gasteiger partial charge in [0.25, 0.3) is 0 Å². The van der Waals surface area contributed by atoms with Gasteiger partial charge in [0.1, 0.15) is 11.6 Å². The second-order valence-electron chi connectivity index (χ2n) is 4.51. The average molecular weight is 345 g/mol. The first-order valence-electron chi connectivity index (χ1n) is 6.25. The summed E-state index contributed by atoms with van der Waals surface area (Å²) in [5.41, 5.74) is 0.569. The van der Waals surface area contributed by atoms with E-state index in [0.717, 1.165) is 25.3 Å². The van der Waals surface area contributed by atoms with Gasteiger partial charge >= 0.3 is 0 Å². The first-order chi connectivity index (χ1) is 9.15. The third-order valence-electron chi connectivity index (χ3n) is 2.98. The highest BCUT2D eigenvalue weighted by molar-refractivity contribution is 9.09. The van der Waals surface area contributed by atoms with E-state index in [1.807, 2.05) is 0 Å². The molecule has 1 atom stereocenters. The van der Waals surface area contributed by atoms with Gasteiger partial charge in [-0.15, -0.1) is 11.3 Å². The summed E-state index contributed by atoms with van der Waals surface area (Å²) in [6, 6.07) is 7.97. The molecule has 0 saturated carbocycles. The molecule has 1 aromatic heterocycles. The van der Waals surface area contributed by atoms with Crippen molar-refractivity contribution in [2.24, 2.45) is 0 Å². The van der Waals surface area contributed by atoms with Crippen LogP contribution in [-0.4, -0.2) is 4.83 Å². The van der Waals surface area contributed by atoms with Crippen LogP contribution >= 0.6 is 27.3 Å². The summed E-state index contributed by atoms with van der Waals surface area (Å²) >= 11 is 5.34. The van der Waals surface area contributed by atoms with Gasteiger partial charge in [-0.05, 0) is 48.8 Å². The summed E-state index contributed by atoms with van der Waals surface area (Å²) < 4.78 is 26.3. The highest BCUT2D eigenvalue weighted by Gasteiger charge is 2.10. The maximum Gasteiger partial charge on any atom is 0.129 e. The van der Waals surface area contributed by atoms with Gasteiger partial charge in [-0.2, -0.15) is 0 Å². The van der Waals surface area contributed by atoms with E-state index in [4.69, 9.17) is 0 Å². The Morgan fingerprint density at radius 2 is 2.05 bits per heavy atom. The second kappa shape index (κ2) is 7.15. The van der Waals surface area contributed by atoms with Crippen LogP contribution in [0, 0.1) is 11.6 Å². The fourth-order valence-electron chi connectivity index (χ4n) is 1.98. The Balaban J connectivity index is 1.79. The van der Waals surface area contributed by atoms with Crippen molar-refractivity contribution in [2.75, 3.05) is 0 Å². The van der Waals surface area contributed by atoms with Crippen molar-refractivity contribution >= 4 is 27.3 Å². The van der Waals surface area contributed by atoms with Crippen molar-refractivity contribution in [3.8, 4) is 0 Å². The summed E-state index contributed by atoms with van der Waals surface area (Å²) in [5, 5.41) is 2.08. The molecule has 0 aliphatic rings. The number of benzene rings is 1. The van der Waals surface area contributed by atoms with Crippen LogP contribution in [0.4, 0.5) is 8.78 Å². The molecule has 1 heterocycles. The molecule has 0 spiro atoms. The minimum absolute atomic E-state index is 0.229. The lowest BCUT2D eigenvalue weighted by Crippen LogP contribution is -2.05. The molecule has 0 aliphatic carbocycles. The second-order valence-corrected chi connectivity index (χ2v) is 6.84. The predicted molar refractivity (Wildman–Crippen MR) is 80.0 cm³/mol. The molecule has 0 fully saturated rings. The maximum atomic E-state index is 13.5. The Hall–Kier alpha value is -0.740. The molecular formula is C15H15BrF2S. The van der Waals surface area contributed by atoms with Gasteiger partial charge in [0.2, 0.25) is 0 Å². The van der Waals surface area contributed by atoms with Crippen molar-refractivity contribution in [1.82, 2.24) is 0 Å². The fourth-order valence-corrected chi connectivity index (χ4v) is 3.40. The van der Waals surface area contributed by atoms with Crippen molar-refractivity contribution in [3.05, 3.63) is 57.8 Å². The topological polar surface area (TPSA) is 0 Å². The van der Waals surface area contributed by atoms with Crippen LogP contribution in [0.25, 0.3) is 0 Å². The zero-order valence-corrected chi connectivity index (χ0v) is 12.8. The van der Waals surface area contributed by atoms with Crippen LogP contribution in [-0.2, 0) is 12.8 Å². The van der Waals surface area contributed by atoms with E-state index in [0.29, 0.717) is 12.0 Å². The number of aryl methyl sites for hydroxylation is 1. The number of halogens is 3. The van der Waals surface area contributed by atoms with E-state index >= 15 is 0 Å². The van der Waals surface area contributed by atoms with Crippen molar-refractivity contribution < 1.29 is 8.78 Å². The third kappa shape index (κ3) is 4.69. The molecule has 1 unspecified atom stereocenters. The van der Waals surface area contributed by atoms with Gasteiger partial charge in [0.15, 0.2) is 0 Å². The molecular weight excluding hydrogens is 330 g/mol. The molecule has 0 N–H and O–H groups in total. The zero-order valence-electron chi connectivity index (χ0n) is 10.4. The highest BCUT2D eigenvalue weighted by atomic mass is 79.9. The van der Waals surface area contributed by atoms with Gasteiger partial charge < -0.3 is 0 Å². The average Bonchev–Trinajstić information content (AvgIpc) is 2.86. The number of thiophene rings is 1. The molecule has 19 heavy (non-hydrogen) atoms. The van der Waals surface area contributed by atoms with Gasteiger partial charge in [-0.25, -0.2) is 8.78 Å². The minimum Gasteiger partial charge on any atom is -0.207 e. The fraction of sp³-hybridized carbons (Fsp3) is 0.333. The van der Waals surface area contributed by atoms with Gasteiger partial charge in [-0.1, -0.05) is 28.1 Å². The predicted octanol–water partition coefficient (Wildman–Crippen LogP) is 5.36.